The number of halogens is 1. The highest BCUT2D eigenvalue weighted by molar-refractivity contribution is 8.22. The van der Waals surface area contributed by atoms with Crippen LogP contribution >= 0.6 is 35.1 Å². The molecule has 1 nitrogen and oxygen atoms in total. The van der Waals surface area contributed by atoms with E-state index in [-0.39, 0.29) is 0 Å². The second kappa shape index (κ2) is 17.7. The molecular weight excluding hydrogens is 318 g/mol. The summed E-state index contributed by atoms with van der Waals surface area (Å²) in [7, 11) is 0. The van der Waals surface area contributed by atoms with Gasteiger partial charge in [0.05, 0.1) is 5.02 Å². The van der Waals surface area contributed by atoms with Crippen LogP contribution in [-0.2, 0) is 0 Å². The third kappa shape index (κ3) is 10.9. The van der Waals surface area contributed by atoms with E-state index in [2.05, 4.69) is 38.2 Å². The summed E-state index contributed by atoms with van der Waals surface area (Å²) >= 11 is 9.59. The molecule has 0 aromatic carbocycles. The Hall–Kier alpha value is -0.380. The first-order valence-electron chi connectivity index (χ1n) is 7.05. The van der Waals surface area contributed by atoms with Gasteiger partial charge in [-0.25, -0.2) is 0 Å². The summed E-state index contributed by atoms with van der Waals surface area (Å²) in [5.74, 6) is 0. The number of pyridine rings is 1. The SMILES string of the molecule is C=C.CC.CC.CSC(Sc1c(C)cncc1Cl)=C(C)C. The van der Waals surface area contributed by atoms with Gasteiger partial charge in [0.15, 0.2) is 0 Å². The molecule has 0 atom stereocenters. The van der Waals surface area contributed by atoms with Crippen LogP contribution in [0.4, 0.5) is 0 Å². The molecule has 1 aromatic rings. The maximum Gasteiger partial charge on any atom is 0.0731 e. The van der Waals surface area contributed by atoms with Gasteiger partial charge in [-0.3, -0.25) is 4.98 Å². The topological polar surface area (TPSA) is 12.9 Å². The molecule has 1 heterocycles. The van der Waals surface area contributed by atoms with Crippen molar-refractivity contribution in [3.8, 4) is 0 Å². The van der Waals surface area contributed by atoms with E-state index >= 15 is 0 Å². The fourth-order valence-corrected chi connectivity index (χ4v) is 3.16. The van der Waals surface area contributed by atoms with Crippen molar-refractivity contribution in [2.75, 3.05) is 6.26 Å². The Bertz CT molecular complexity index is 380. The summed E-state index contributed by atoms with van der Waals surface area (Å²) in [6.07, 6.45) is 5.62. The van der Waals surface area contributed by atoms with E-state index in [0.717, 1.165) is 15.5 Å². The Kier molecular flexibility index (Phi) is 21.5. The average Bonchev–Trinajstić information content (AvgIpc) is 2.53. The van der Waals surface area contributed by atoms with Crippen molar-refractivity contribution in [1.29, 1.82) is 0 Å². The molecule has 0 bridgehead atoms. The maximum atomic E-state index is 6.12. The zero-order chi connectivity index (χ0) is 17.4. The summed E-state index contributed by atoms with van der Waals surface area (Å²) in [5, 5.41) is 0.729. The number of hydrogen-bond donors (Lipinski definition) is 0. The predicted octanol–water partition coefficient (Wildman–Crippen LogP) is 7.60. The Morgan fingerprint density at radius 2 is 1.57 bits per heavy atom. The van der Waals surface area contributed by atoms with Gasteiger partial charge in [-0.1, -0.05) is 56.6 Å². The van der Waals surface area contributed by atoms with Gasteiger partial charge in [0.2, 0.25) is 0 Å². The minimum Gasteiger partial charge on any atom is -0.263 e. The summed E-state index contributed by atoms with van der Waals surface area (Å²) < 4.78 is 1.30. The quantitative estimate of drug-likeness (QED) is 0.412. The molecular formula is C17H30ClNS2. The lowest BCUT2D eigenvalue weighted by Crippen LogP contribution is -1.85. The summed E-state index contributed by atoms with van der Waals surface area (Å²) in [4.78, 5) is 5.16. The van der Waals surface area contributed by atoms with Crippen LogP contribution in [0.3, 0.4) is 0 Å². The van der Waals surface area contributed by atoms with Crippen molar-refractivity contribution < 1.29 is 0 Å². The van der Waals surface area contributed by atoms with Gasteiger partial charge >= 0.3 is 0 Å². The Morgan fingerprint density at radius 3 is 1.90 bits per heavy atom. The number of rotatable bonds is 3. The molecule has 0 fully saturated rings. The van der Waals surface area contributed by atoms with Gasteiger partial charge in [0.25, 0.3) is 0 Å². The van der Waals surface area contributed by atoms with E-state index in [1.165, 1.54) is 9.81 Å². The van der Waals surface area contributed by atoms with Crippen molar-refractivity contribution in [3.05, 3.63) is 45.9 Å². The lowest BCUT2D eigenvalue weighted by Gasteiger charge is -2.10. The van der Waals surface area contributed by atoms with Gasteiger partial charge in [-0.05, 0) is 32.6 Å². The van der Waals surface area contributed by atoms with Crippen LogP contribution in [0.15, 0.2) is 40.3 Å². The third-order valence-electron chi connectivity index (χ3n) is 1.82. The van der Waals surface area contributed by atoms with Crippen LogP contribution in [0.5, 0.6) is 0 Å². The first kappa shape index (κ1) is 25.6. The molecule has 21 heavy (non-hydrogen) atoms. The zero-order valence-electron chi connectivity index (χ0n) is 14.7. The van der Waals surface area contributed by atoms with Crippen molar-refractivity contribution in [2.45, 2.75) is 53.4 Å². The molecule has 0 aliphatic heterocycles. The molecule has 0 spiro atoms. The van der Waals surface area contributed by atoms with Crippen molar-refractivity contribution in [3.63, 3.8) is 0 Å². The minimum absolute atomic E-state index is 0.729. The minimum atomic E-state index is 0.729. The molecule has 122 valence electrons. The third-order valence-corrected chi connectivity index (χ3v) is 5.09. The van der Waals surface area contributed by atoms with Crippen molar-refractivity contribution >= 4 is 35.1 Å². The van der Waals surface area contributed by atoms with Crippen LogP contribution in [0.2, 0.25) is 5.02 Å². The number of aryl methyl sites for hydroxylation is 1. The van der Waals surface area contributed by atoms with Crippen molar-refractivity contribution in [2.24, 2.45) is 0 Å². The van der Waals surface area contributed by atoms with E-state index in [0.29, 0.717) is 0 Å². The van der Waals surface area contributed by atoms with E-state index in [4.69, 9.17) is 11.6 Å². The second-order valence-corrected chi connectivity index (χ2v) is 5.86. The number of allylic oxidation sites excluding steroid dienone is 1. The Balaban J connectivity index is -0.000000478. The molecule has 0 radical (unpaired) electrons. The normalized spacial score (nSPS) is 8.05. The van der Waals surface area contributed by atoms with Crippen LogP contribution in [0, 0.1) is 6.92 Å². The Labute approximate surface area is 145 Å². The molecule has 0 saturated heterocycles. The summed E-state index contributed by atoms with van der Waals surface area (Å²) in [5.41, 5.74) is 2.44. The van der Waals surface area contributed by atoms with Gasteiger partial charge in [0, 0.05) is 21.5 Å². The largest absolute Gasteiger partial charge is 0.263 e. The maximum absolute atomic E-state index is 6.12. The van der Waals surface area contributed by atoms with Crippen LogP contribution in [-0.4, -0.2) is 11.2 Å². The molecule has 1 aromatic heterocycles. The Morgan fingerprint density at radius 1 is 1.10 bits per heavy atom. The molecule has 0 aliphatic rings. The van der Waals surface area contributed by atoms with E-state index in [1.807, 2.05) is 40.8 Å². The van der Waals surface area contributed by atoms with Gasteiger partial charge < -0.3 is 0 Å². The molecule has 4 heteroatoms. The van der Waals surface area contributed by atoms with E-state index in [1.54, 1.807) is 29.7 Å². The zero-order valence-corrected chi connectivity index (χ0v) is 17.1. The molecule has 0 unspecified atom stereocenters. The van der Waals surface area contributed by atoms with Crippen LogP contribution in [0.25, 0.3) is 0 Å². The number of thioether (sulfide) groups is 2. The van der Waals surface area contributed by atoms with Gasteiger partial charge in [-0.15, -0.1) is 24.9 Å². The average molecular weight is 348 g/mol. The predicted molar refractivity (Wildman–Crippen MR) is 106 cm³/mol. The fraction of sp³-hybridized carbons (Fsp3) is 0.471. The fourth-order valence-electron chi connectivity index (χ4n) is 1.09. The smallest absolute Gasteiger partial charge is 0.0731 e. The highest BCUT2D eigenvalue weighted by atomic mass is 35.5. The highest BCUT2D eigenvalue weighted by Gasteiger charge is 2.08. The summed E-state index contributed by atoms with van der Waals surface area (Å²) in [6.45, 7) is 20.3. The molecule has 0 amide bonds. The number of hydrogen-bond acceptors (Lipinski definition) is 3. The standard InChI is InChI=1S/C11H14ClNS2.2C2H6.C2H4/c1-7(2)11(14-4)15-10-8(3)5-13-6-9(10)12;3*1-2/h5-6H,1-4H3;2*1-2H3;1-2H2. The first-order chi connectivity index (χ1) is 10.1. The first-order valence-corrected chi connectivity index (χ1v) is 9.47. The van der Waals surface area contributed by atoms with Crippen LogP contribution < -0.4 is 0 Å². The lowest BCUT2D eigenvalue weighted by molar-refractivity contribution is 1.19. The van der Waals surface area contributed by atoms with Gasteiger partial charge in [-0.2, -0.15) is 0 Å². The van der Waals surface area contributed by atoms with Crippen molar-refractivity contribution in [1.82, 2.24) is 4.98 Å². The monoisotopic (exact) mass is 347 g/mol. The highest BCUT2D eigenvalue weighted by Crippen LogP contribution is 2.40. The van der Waals surface area contributed by atoms with Gasteiger partial charge in [0.1, 0.15) is 0 Å². The summed E-state index contributed by atoms with van der Waals surface area (Å²) in [6, 6.07) is 0. The van der Waals surface area contributed by atoms with E-state index in [9.17, 15) is 0 Å². The lowest BCUT2D eigenvalue weighted by atomic mass is 10.3. The molecule has 0 saturated carbocycles. The molecule has 1 rings (SSSR count). The molecule has 0 N–H and O–H groups in total. The number of aromatic nitrogens is 1. The molecule has 0 aliphatic carbocycles. The van der Waals surface area contributed by atoms with Crippen LogP contribution in [0.1, 0.15) is 47.1 Å². The van der Waals surface area contributed by atoms with E-state index < -0.39 is 0 Å². The number of nitrogens with zero attached hydrogens (tertiary/aromatic N) is 1. The second-order valence-electron chi connectivity index (χ2n) is 3.36.